The number of ketones is 1. The Morgan fingerprint density at radius 3 is 2.35 bits per heavy atom. The molecule has 1 aromatic heterocycles. The first-order valence-corrected chi connectivity index (χ1v) is 11.5. The lowest BCUT2D eigenvalue weighted by Gasteiger charge is -2.34. The molecular formula is C24H28N4O2S. The first-order chi connectivity index (χ1) is 14.9. The summed E-state index contributed by atoms with van der Waals surface area (Å²) in [5.74, 6) is -0.101. The van der Waals surface area contributed by atoms with Gasteiger partial charge in [0.2, 0.25) is 0 Å². The number of thiazole rings is 1. The fraction of sp³-hybridized carbons (Fsp3) is 0.375. The molecule has 1 aliphatic heterocycles. The van der Waals surface area contributed by atoms with Crippen LogP contribution in [0.15, 0.2) is 36.4 Å². The maximum atomic E-state index is 12.3. The Bertz CT molecular complexity index is 1100. The van der Waals surface area contributed by atoms with Crippen molar-refractivity contribution >= 4 is 38.4 Å². The van der Waals surface area contributed by atoms with Gasteiger partial charge in [0.15, 0.2) is 10.9 Å². The number of aryl methyl sites for hydroxylation is 2. The van der Waals surface area contributed by atoms with Crippen LogP contribution >= 0.6 is 11.3 Å². The highest BCUT2D eigenvalue weighted by atomic mass is 32.1. The van der Waals surface area contributed by atoms with E-state index in [2.05, 4.69) is 41.1 Å². The van der Waals surface area contributed by atoms with E-state index < -0.39 is 0 Å². The smallest absolute Gasteiger partial charge is 0.251 e. The van der Waals surface area contributed by atoms with Crippen molar-refractivity contribution in [3.05, 3.63) is 58.7 Å². The van der Waals surface area contributed by atoms with Gasteiger partial charge < -0.3 is 10.2 Å². The summed E-state index contributed by atoms with van der Waals surface area (Å²) in [6.45, 7) is 11.0. The average molecular weight is 437 g/mol. The predicted octanol–water partition coefficient (Wildman–Crippen LogP) is 3.67. The van der Waals surface area contributed by atoms with Gasteiger partial charge in [0.1, 0.15) is 0 Å². The number of aromatic nitrogens is 1. The van der Waals surface area contributed by atoms with Gasteiger partial charge in [0.25, 0.3) is 5.91 Å². The van der Waals surface area contributed by atoms with Crippen LogP contribution in [-0.2, 0) is 0 Å². The number of carbonyl (C=O) groups excluding carboxylic acids is 2. The number of hydrogen-bond acceptors (Lipinski definition) is 6. The minimum Gasteiger partial charge on any atom is -0.351 e. The summed E-state index contributed by atoms with van der Waals surface area (Å²) in [6.07, 6.45) is 0. The van der Waals surface area contributed by atoms with Gasteiger partial charge in [-0.25, -0.2) is 4.98 Å². The van der Waals surface area contributed by atoms with Crippen LogP contribution in [-0.4, -0.2) is 60.8 Å². The van der Waals surface area contributed by atoms with Crippen LogP contribution in [0.25, 0.3) is 10.2 Å². The molecule has 7 heteroatoms. The topological polar surface area (TPSA) is 65.5 Å². The van der Waals surface area contributed by atoms with E-state index in [0.717, 1.165) is 43.4 Å². The normalized spacial score (nSPS) is 14.7. The molecule has 0 unspecified atom stereocenters. The molecule has 2 aromatic carbocycles. The van der Waals surface area contributed by atoms with Gasteiger partial charge in [-0.2, -0.15) is 0 Å². The SMILES string of the molecule is CC(=O)c1ccc(C(=O)NCCN2CCN(c3nc4c(C)c(C)ccc4s3)CC2)cc1. The lowest BCUT2D eigenvalue weighted by atomic mass is 10.1. The standard InChI is InChI=1S/C24H28N4O2S/c1-16-4-9-21-22(17(16)2)26-24(31-21)28-14-12-27(13-15-28)11-10-25-23(30)20-7-5-19(6-8-20)18(3)29/h4-9H,10-15H2,1-3H3,(H,25,30). The number of nitrogens with one attached hydrogen (secondary N) is 1. The molecule has 162 valence electrons. The molecule has 2 heterocycles. The van der Waals surface area contributed by atoms with Crippen molar-refractivity contribution in [3.63, 3.8) is 0 Å². The largest absolute Gasteiger partial charge is 0.351 e. The summed E-state index contributed by atoms with van der Waals surface area (Å²) in [6, 6.07) is 11.1. The van der Waals surface area contributed by atoms with Gasteiger partial charge in [0.05, 0.1) is 10.2 Å². The van der Waals surface area contributed by atoms with Crippen LogP contribution in [0.1, 0.15) is 38.8 Å². The highest BCUT2D eigenvalue weighted by Gasteiger charge is 2.20. The Kier molecular flexibility index (Phi) is 6.34. The van der Waals surface area contributed by atoms with Gasteiger partial charge in [-0.1, -0.05) is 29.5 Å². The van der Waals surface area contributed by atoms with Crippen LogP contribution in [0.3, 0.4) is 0 Å². The van der Waals surface area contributed by atoms with Crippen molar-refractivity contribution in [2.75, 3.05) is 44.2 Å². The molecular weight excluding hydrogens is 408 g/mol. The van der Waals surface area contributed by atoms with E-state index in [1.54, 1.807) is 35.6 Å². The van der Waals surface area contributed by atoms with Gasteiger partial charge >= 0.3 is 0 Å². The quantitative estimate of drug-likeness (QED) is 0.598. The molecule has 1 N–H and O–H groups in total. The van der Waals surface area contributed by atoms with Gasteiger partial charge in [0, 0.05) is 50.4 Å². The zero-order valence-electron chi connectivity index (χ0n) is 18.3. The van der Waals surface area contributed by atoms with Crippen molar-refractivity contribution in [2.24, 2.45) is 0 Å². The highest BCUT2D eigenvalue weighted by Crippen LogP contribution is 2.32. The number of carbonyl (C=O) groups is 2. The van der Waals surface area contributed by atoms with Crippen LogP contribution in [0.4, 0.5) is 5.13 Å². The van der Waals surface area contributed by atoms with Crippen molar-refractivity contribution in [1.29, 1.82) is 0 Å². The number of anilines is 1. The molecule has 1 saturated heterocycles. The van der Waals surface area contributed by atoms with Crippen molar-refractivity contribution in [2.45, 2.75) is 20.8 Å². The zero-order valence-corrected chi connectivity index (χ0v) is 19.1. The molecule has 3 aromatic rings. The minimum atomic E-state index is -0.103. The summed E-state index contributed by atoms with van der Waals surface area (Å²) in [5, 5.41) is 4.08. The van der Waals surface area contributed by atoms with E-state index in [0.29, 0.717) is 17.7 Å². The van der Waals surface area contributed by atoms with E-state index in [9.17, 15) is 9.59 Å². The predicted molar refractivity (Wildman–Crippen MR) is 127 cm³/mol. The van der Waals surface area contributed by atoms with E-state index in [4.69, 9.17) is 4.98 Å². The molecule has 31 heavy (non-hydrogen) atoms. The van der Waals surface area contributed by atoms with Gasteiger partial charge in [-0.05, 0) is 50.1 Å². The van der Waals surface area contributed by atoms with E-state index >= 15 is 0 Å². The molecule has 4 rings (SSSR count). The molecule has 0 saturated carbocycles. The van der Waals surface area contributed by atoms with Gasteiger partial charge in [-0.15, -0.1) is 0 Å². The van der Waals surface area contributed by atoms with Crippen LogP contribution in [0.2, 0.25) is 0 Å². The second-order valence-corrected chi connectivity index (χ2v) is 9.08. The van der Waals surface area contributed by atoms with Gasteiger partial charge in [-0.3, -0.25) is 14.5 Å². The maximum Gasteiger partial charge on any atom is 0.251 e. The molecule has 0 bridgehead atoms. The first kappa shape index (κ1) is 21.5. The lowest BCUT2D eigenvalue weighted by Crippen LogP contribution is -2.48. The highest BCUT2D eigenvalue weighted by molar-refractivity contribution is 7.22. The third-order valence-corrected chi connectivity index (χ3v) is 7.06. The van der Waals surface area contributed by atoms with E-state index in [1.807, 2.05) is 0 Å². The van der Waals surface area contributed by atoms with Crippen LogP contribution in [0.5, 0.6) is 0 Å². The minimum absolute atomic E-state index is 0.00203. The second-order valence-electron chi connectivity index (χ2n) is 8.07. The number of hydrogen-bond donors (Lipinski definition) is 1. The van der Waals surface area contributed by atoms with Crippen LogP contribution in [0, 0.1) is 13.8 Å². The summed E-state index contributed by atoms with van der Waals surface area (Å²) in [5.41, 5.74) is 4.88. The maximum absolute atomic E-state index is 12.3. The molecule has 0 radical (unpaired) electrons. The number of rotatable bonds is 6. The number of benzene rings is 2. The second kappa shape index (κ2) is 9.16. The van der Waals surface area contributed by atoms with E-state index in [1.165, 1.54) is 22.8 Å². The molecule has 6 nitrogen and oxygen atoms in total. The fourth-order valence-electron chi connectivity index (χ4n) is 3.80. The Hall–Kier alpha value is -2.77. The summed E-state index contributed by atoms with van der Waals surface area (Å²) < 4.78 is 1.25. The van der Waals surface area contributed by atoms with Crippen molar-refractivity contribution < 1.29 is 9.59 Å². The van der Waals surface area contributed by atoms with Crippen molar-refractivity contribution in [1.82, 2.24) is 15.2 Å². The van der Waals surface area contributed by atoms with E-state index in [-0.39, 0.29) is 11.7 Å². The van der Waals surface area contributed by atoms with Crippen LogP contribution < -0.4 is 10.2 Å². The zero-order chi connectivity index (χ0) is 22.0. The Labute approximate surface area is 186 Å². The Balaban J connectivity index is 1.25. The molecule has 1 fully saturated rings. The third-order valence-electron chi connectivity index (χ3n) is 5.98. The molecule has 1 amide bonds. The molecule has 0 spiro atoms. The Morgan fingerprint density at radius 2 is 1.68 bits per heavy atom. The fourth-order valence-corrected chi connectivity index (χ4v) is 4.88. The number of nitrogens with zero attached hydrogens (tertiary/aromatic N) is 3. The first-order valence-electron chi connectivity index (χ1n) is 10.7. The molecule has 0 atom stereocenters. The summed E-state index contributed by atoms with van der Waals surface area (Å²) >= 11 is 1.77. The Morgan fingerprint density at radius 1 is 1.00 bits per heavy atom. The monoisotopic (exact) mass is 436 g/mol. The number of fused-ring (bicyclic) bond motifs is 1. The van der Waals surface area contributed by atoms with Crippen molar-refractivity contribution in [3.8, 4) is 0 Å². The number of piperazine rings is 1. The third kappa shape index (κ3) is 4.78. The number of Topliss-reactive ketones (excluding diaryl/α,β-unsaturated/α-hetero) is 1. The summed E-state index contributed by atoms with van der Waals surface area (Å²) in [4.78, 5) is 33.3. The molecule has 1 aliphatic rings. The average Bonchev–Trinajstić information content (AvgIpc) is 3.22. The molecule has 0 aliphatic carbocycles. The lowest BCUT2D eigenvalue weighted by molar-refractivity contribution is 0.0945. The number of amides is 1. The summed E-state index contributed by atoms with van der Waals surface area (Å²) in [7, 11) is 0.